The summed E-state index contributed by atoms with van der Waals surface area (Å²) in [5.74, 6) is -0.188. The highest BCUT2D eigenvalue weighted by atomic mass is 19.4. The minimum Gasteiger partial charge on any atom is -0.264 e. The van der Waals surface area contributed by atoms with E-state index in [9.17, 15) is 13.2 Å². The second-order valence-electron chi connectivity index (χ2n) is 5.75. The Morgan fingerprint density at radius 2 is 2.15 bits per heavy atom. The van der Waals surface area contributed by atoms with E-state index in [0.29, 0.717) is 5.92 Å². The Kier molecular flexibility index (Phi) is 3.19. The Morgan fingerprint density at radius 1 is 1.35 bits per heavy atom. The fourth-order valence-electron chi connectivity index (χ4n) is 3.30. The summed E-state index contributed by atoms with van der Waals surface area (Å²) >= 11 is 0. The number of fused-ring (bicyclic) bond motifs is 2. The molecule has 0 fully saturated rings. The van der Waals surface area contributed by atoms with Crippen LogP contribution < -0.4 is 10.4 Å². The van der Waals surface area contributed by atoms with Crippen LogP contribution in [0.3, 0.4) is 0 Å². The van der Waals surface area contributed by atoms with Gasteiger partial charge in [0, 0.05) is 17.6 Å². The van der Waals surface area contributed by atoms with E-state index in [-0.39, 0.29) is 5.92 Å². The first kappa shape index (κ1) is 13.4. The first-order valence-corrected chi connectivity index (χ1v) is 6.85. The Bertz CT molecular complexity index is 657. The second kappa shape index (κ2) is 4.76. The molecule has 0 aromatic carbocycles. The van der Waals surface area contributed by atoms with Gasteiger partial charge in [-0.2, -0.15) is 13.2 Å². The number of aromatic nitrogens is 1. The zero-order chi connectivity index (χ0) is 14.3. The molecule has 1 aromatic heterocycles. The van der Waals surface area contributed by atoms with Crippen LogP contribution in [-0.4, -0.2) is 11.2 Å². The fourth-order valence-corrected chi connectivity index (χ4v) is 3.30. The summed E-state index contributed by atoms with van der Waals surface area (Å²) in [4.78, 5) is 4.11. The number of allylic oxidation sites excluding steroid dienone is 2. The standard InChI is InChI=1S/C16H16F3N/c1-10-2-3-13-14(6-10)12(8-16(17,18)19)7-11-4-5-20-9-15(11)13/h2-5,7,9-10,12,14H,6,8H2,1H3. The molecule has 0 aliphatic heterocycles. The summed E-state index contributed by atoms with van der Waals surface area (Å²) in [5.41, 5.74) is 1.02. The van der Waals surface area contributed by atoms with Gasteiger partial charge in [-0.05, 0) is 41.0 Å². The molecule has 3 unspecified atom stereocenters. The number of halogens is 3. The van der Waals surface area contributed by atoms with Gasteiger partial charge in [0.05, 0.1) is 6.42 Å². The van der Waals surface area contributed by atoms with Crippen LogP contribution in [0.25, 0.3) is 11.6 Å². The summed E-state index contributed by atoms with van der Waals surface area (Å²) in [7, 11) is 0. The maximum Gasteiger partial charge on any atom is 0.389 e. The van der Waals surface area contributed by atoms with Crippen LogP contribution in [0.5, 0.6) is 0 Å². The lowest BCUT2D eigenvalue weighted by atomic mass is 9.72. The monoisotopic (exact) mass is 279 g/mol. The lowest BCUT2D eigenvalue weighted by Gasteiger charge is -2.33. The highest BCUT2D eigenvalue weighted by molar-refractivity contribution is 5.64. The van der Waals surface area contributed by atoms with Crippen LogP contribution in [0.1, 0.15) is 19.8 Å². The maximum absolute atomic E-state index is 12.8. The molecule has 1 heterocycles. The van der Waals surface area contributed by atoms with Crippen molar-refractivity contribution in [3.8, 4) is 0 Å². The number of alkyl halides is 3. The predicted molar refractivity (Wildman–Crippen MR) is 71.9 cm³/mol. The van der Waals surface area contributed by atoms with E-state index >= 15 is 0 Å². The Balaban J connectivity index is 2.14. The normalized spacial score (nSPS) is 28.6. The van der Waals surface area contributed by atoms with Crippen LogP contribution in [0.15, 0.2) is 30.6 Å². The molecule has 3 atom stereocenters. The summed E-state index contributed by atoms with van der Waals surface area (Å²) in [5, 5.41) is 1.86. The van der Waals surface area contributed by atoms with Crippen molar-refractivity contribution in [2.24, 2.45) is 17.8 Å². The van der Waals surface area contributed by atoms with Gasteiger partial charge < -0.3 is 0 Å². The molecule has 0 radical (unpaired) electrons. The van der Waals surface area contributed by atoms with Gasteiger partial charge in [-0.3, -0.25) is 4.98 Å². The number of hydrogen-bond donors (Lipinski definition) is 0. The van der Waals surface area contributed by atoms with E-state index in [1.54, 1.807) is 24.5 Å². The molecule has 0 amide bonds. The molecule has 0 N–H and O–H groups in total. The Hall–Kier alpha value is -1.58. The van der Waals surface area contributed by atoms with Crippen molar-refractivity contribution in [3.05, 3.63) is 41.0 Å². The lowest BCUT2D eigenvalue weighted by molar-refractivity contribution is -0.142. The molecular weight excluding hydrogens is 263 g/mol. The molecule has 1 aromatic rings. The van der Waals surface area contributed by atoms with Gasteiger partial charge in [0.2, 0.25) is 0 Å². The van der Waals surface area contributed by atoms with Crippen molar-refractivity contribution in [2.75, 3.05) is 0 Å². The minimum absolute atomic E-state index is 0.0478. The largest absolute Gasteiger partial charge is 0.389 e. The average molecular weight is 279 g/mol. The van der Waals surface area contributed by atoms with Crippen molar-refractivity contribution in [1.29, 1.82) is 0 Å². The highest BCUT2D eigenvalue weighted by Crippen LogP contribution is 2.40. The van der Waals surface area contributed by atoms with E-state index in [4.69, 9.17) is 0 Å². The van der Waals surface area contributed by atoms with Gasteiger partial charge in [-0.15, -0.1) is 0 Å². The molecule has 106 valence electrons. The summed E-state index contributed by atoms with van der Waals surface area (Å²) in [6.07, 6.45) is 5.16. The van der Waals surface area contributed by atoms with Crippen LogP contribution in [0.2, 0.25) is 0 Å². The van der Waals surface area contributed by atoms with Gasteiger partial charge >= 0.3 is 6.18 Å². The van der Waals surface area contributed by atoms with Crippen LogP contribution in [0.4, 0.5) is 13.2 Å². The van der Waals surface area contributed by atoms with Crippen molar-refractivity contribution in [1.82, 2.24) is 4.98 Å². The van der Waals surface area contributed by atoms with E-state index < -0.39 is 18.5 Å². The van der Waals surface area contributed by atoms with Gasteiger partial charge in [0.15, 0.2) is 0 Å². The van der Waals surface area contributed by atoms with Crippen LogP contribution in [0, 0.1) is 17.8 Å². The molecule has 3 rings (SSSR count). The predicted octanol–water partition coefficient (Wildman–Crippen LogP) is 2.81. The third-order valence-electron chi connectivity index (χ3n) is 4.17. The molecular formula is C16H16F3N. The third kappa shape index (κ3) is 2.51. The summed E-state index contributed by atoms with van der Waals surface area (Å²) in [6, 6.07) is 1.80. The number of rotatable bonds is 1. The molecule has 20 heavy (non-hydrogen) atoms. The van der Waals surface area contributed by atoms with Crippen molar-refractivity contribution >= 4 is 11.6 Å². The number of hydrogen-bond acceptors (Lipinski definition) is 1. The van der Waals surface area contributed by atoms with Gasteiger partial charge in [0.1, 0.15) is 0 Å². The first-order chi connectivity index (χ1) is 9.44. The zero-order valence-electron chi connectivity index (χ0n) is 11.2. The van der Waals surface area contributed by atoms with Gasteiger partial charge in [-0.25, -0.2) is 0 Å². The topological polar surface area (TPSA) is 12.9 Å². The lowest BCUT2D eigenvalue weighted by Crippen LogP contribution is -2.39. The van der Waals surface area contributed by atoms with E-state index in [1.165, 1.54) is 0 Å². The zero-order valence-corrected chi connectivity index (χ0v) is 11.2. The fraction of sp³-hybridized carbons (Fsp3) is 0.438. The second-order valence-corrected chi connectivity index (χ2v) is 5.75. The van der Waals surface area contributed by atoms with Crippen LogP contribution in [-0.2, 0) is 0 Å². The molecule has 2 aliphatic rings. The molecule has 0 bridgehead atoms. The van der Waals surface area contributed by atoms with Crippen LogP contribution >= 0.6 is 0 Å². The average Bonchev–Trinajstić information content (AvgIpc) is 2.37. The van der Waals surface area contributed by atoms with Crippen molar-refractivity contribution in [3.63, 3.8) is 0 Å². The minimum atomic E-state index is -4.12. The van der Waals surface area contributed by atoms with E-state index in [0.717, 1.165) is 22.4 Å². The first-order valence-electron chi connectivity index (χ1n) is 6.85. The van der Waals surface area contributed by atoms with Gasteiger partial charge in [-0.1, -0.05) is 25.2 Å². The van der Waals surface area contributed by atoms with Crippen molar-refractivity contribution < 1.29 is 13.2 Å². The van der Waals surface area contributed by atoms with Crippen molar-refractivity contribution in [2.45, 2.75) is 25.9 Å². The summed E-state index contributed by atoms with van der Waals surface area (Å²) in [6.45, 7) is 2.05. The SMILES string of the molecule is CC1C=CC2=c3cnccc3=CC(CC(F)(F)F)C2C1. The smallest absolute Gasteiger partial charge is 0.264 e. The molecule has 4 heteroatoms. The molecule has 1 nitrogen and oxygen atoms in total. The maximum atomic E-state index is 12.8. The van der Waals surface area contributed by atoms with E-state index in [2.05, 4.69) is 18.0 Å². The summed E-state index contributed by atoms with van der Waals surface area (Å²) < 4.78 is 38.4. The quantitative estimate of drug-likeness (QED) is 0.770. The number of pyridine rings is 1. The molecule has 0 saturated carbocycles. The highest BCUT2D eigenvalue weighted by Gasteiger charge is 2.37. The molecule has 0 saturated heterocycles. The number of nitrogens with zero attached hydrogens (tertiary/aromatic N) is 1. The van der Waals surface area contributed by atoms with Gasteiger partial charge in [0.25, 0.3) is 0 Å². The Morgan fingerprint density at radius 3 is 2.90 bits per heavy atom. The third-order valence-corrected chi connectivity index (χ3v) is 4.17. The molecule has 0 spiro atoms. The molecule has 2 aliphatic carbocycles. The Labute approximate surface area is 115 Å². The van der Waals surface area contributed by atoms with E-state index in [1.807, 2.05) is 6.08 Å².